The summed E-state index contributed by atoms with van der Waals surface area (Å²) < 4.78 is 0. The number of aliphatic hydroxyl groups is 1. The molecule has 0 spiro atoms. The number of amides is 1. The molecule has 0 bridgehead atoms. The molecule has 1 aromatic heterocycles. The van der Waals surface area contributed by atoms with E-state index in [1.54, 1.807) is 11.3 Å². The van der Waals surface area contributed by atoms with Crippen molar-refractivity contribution in [2.45, 2.75) is 59.9 Å². The highest BCUT2D eigenvalue weighted by Crippen LogP contribution is 2.23. The molecule has 0 aromatic carbocycles. The summed E-state index contributed by atoms with van der Waals surface area (Å²) in [6, 6.07) is 1.80. The first-order valence-corrected chi connectivity index (χ1v) is 8.47. The number of Topliss-reactive ketones (excluding diaryl/α,β-unsaturated/α-hetero) is 1. The zero-order chi connectivity index (χ0) is 16.9. The standard InChI is InChI=1S/C17H27NO3S/c1-11-10-13(12(2)22-11)14(20)6-7-16(21)18-15(8-9-19)17(3,4)5/h10,15,19H,6-9H2,1-5H3,(H,18,21). The average Bonchev–Trinajstić information content (AvgIpc) is 2.73. The second kappa shape index (κ2) is 7.88. The van der Waals surface area contributed by atoms with Crippen LogP contribution in [0, 0.1) is 19.3 Å². The first-order valence-electron chi connectivity index (χ1n) is 7.65. The largest absolute Gasteiger partial charge is 0.396 e. The number of rotatable bonds is 7. The maximum atomic E-state index is 12.2. The predicted molar refractivity (Wildman–Crippen MR) is 90.4 cm³/mol. The molecule has 0 radical (unpaired) electrons. The second-order valence-corrected chi connectivity index (χ2v) is 8.21. The van der Waals surface area contributed by atoms with E-state index in [1.165, 1.54) is 0 Å². The van der Waals surface area contributed by atoms with Crippen molar-refractivity contribution >= 4 is 23.0 Å². The van der Waals surface area contributed by atoms with Gasteiger partial charge in [0.2, 0.25) is 5.91 Å². The van der Waals surface area contributed by atoms with Crippen LogP contribution in [0.3, 0.4) is 0 Å². The maximum Gasteiger partial charge on any atom is 0.220 e. The van der Waals surface area contributed by atoms with Gasteiger partial charge in [-0.3, -0.25) is 9.59 Å². The fourth-order valence-electron chi connectivity index (χ4n) is 2.39. The highest BCUT2D eigenvalue weighted by Gasteiger charge is 2.25. The van der Waals surface area contributed by atoms with Crippen molar-refractivity contribution in [2.24, 2.45) is 5.41 Å². The smallest absolute Gasteiger partial charge is 0.220 e. The summed E-state index contributed by atoms with van der Waals surface area (Å²) in [5, 5.41) is 12.0. The van der Waals surface area contributed by atoms with Gasteiger partial charge in [0, 0.05) is 40.8 Å². The van der Waals surface area contributed by atoms with Crippen LogP contribution in [0.1, 0.15) is 60.1 Å². The molecule has 1 aromatic rings. The summed E-state index contributed by atoms with van der Waals surface area (Å²) in [5.41, 5.74) is 0.613. The Bertz CT molecular complexity index is 528. The number of aryl methyl sites for hydroxylation is 2. The summed E-state index contributed by atoms with van der Waals surface area (Å²) in [6.07, 6.45) is 0.927. The molecule has 0 saturated carbocycles. The minimum absolute atomic E-state index is 0.0199. The quantitative estimate of drug-likeness (QED) is 0.756. The van der Waals surface area contributed by atoms with Crippen LogP contribution in [0.25, 0.3) is 0 Å². The van der Waals surface area contributed by atoms with Crippen LogP contribution in [0.2, 0.25) is 0 Å². The molecule has 0 aliphatic heterocycles. The van der Waals surface area contributed by atoms with Gasteiger partial charge in [0.15, 0.2) is 5.78 Å². The second-order valence-electron chi connectivity index (χ2n) is 6.75. The Kier molecular flexibility index (Phi) is 6.75. The zero-order valence-electron chi connectivity index (χ0n) is 14.2. The van der Waals surface area contributed by atoms with E-state index in [9.17, 15) is 9.59 Å². The molecule has 22 heavy (non-hydrogen) atoms. The van der Waals surface area contributed by atoms with Crippen LogP contribution in [0.4, 0.5) is 0 Å². The molecule has 0 aliphatic rings. The van der Waals surface area contributed by atoms with Gasteiger partial charge in [0.25, 0.3) is 0 Å². The SMILES string of the molecule is Cc1cc(C(=O)CCC(=O)NC(CCO)C(C)(C)C)c(C)s1. The molecule has 1 unspecified atom stereocenters. The molecule has 1 amide bonds. The van der Waals surface area contributed by atoms with Gasteiger partial charge in [-0.05, 0) is 31.7 Å². The van der Waals surface area contributed by atoms with Gasteiger partial charge in [0.1, 0.15) is 0 Å². The molecular formula is C17H27NO3S. The van der Waals surface area contributed by atoms with Gasteiger partial charge < -0.3 is 10.4 Å². The van der Waals surface area contributed by atoms with Crippen molar-refractivity contribution in [3.63, 3.8) is 0 Å². The van der Waals surface area contributed by atoms with Gasteiger partial charge >= 0.3 is 0 Å². The Morgan fingerprint density at radius 3 is 2.36 bits per heavy atom. The number of ketones is 1. The molecule has 5 heteroatoms. The van der Waals surface area contributed by atoms with Gasteiger partial charge in [-0.1, -0.05) is 20.8 Å². The van der Waals surface area contributed by atoms with Crippen molar-refractivity contribution in [1.82, 2.24) is 5.32 Å². The van der Waals surface area contributed by atoms with E-state index in [1.807, 2.05) is 40.7 Å². The fraction of sp³-hybridized carbons (Fsp3) is 0.647. The van der Waals surface area contributed by atoms with Crippen LogP contribution in [-0.2, 0) is 4.79 Å². The first kappa shape index (κ1) is 18.8. The molecule has 0 fully saturated rings. The van der Waals surface area contributed by atoms with Crippen LogP contribution in [0.15, 0.2) is 6.07 Å². The molecule has 0 saturated heterocycles. The summed E-state index contributed by atoms with van der Waals surface area (Å²) in [6.45, 7) is 10.0. The lowest BCUT2D eigenvalue weighted by Crippen LogP contribution is -2.44. The average molecular weight is 325 g/mol. The molecule has 1 rings (SSSR count). The Morgan fingerprint density at radius 1 is 1.27 bits per heavy atom. The van der Waals surface area contributed by atoms with E-state index in [-0.39, 0.29) is 42.6 Å². The monoisotopic (exact) mass is 325 g/mol. The molecule has 1 atom stereocenters. The van der Waals surface area contributed by atoms with E-state index in [4.69, 9.17) is 5.11 Å². The fourth-order valence-corrected chi connectivity index (χ4v) is 3.33. The lowest BCUT2D eigenvalue weighted by Gasteiger charge is -2.31. The van der Waals surface area contributed by atoms with Crippen LogP contribution >= 0.6 is 11.3 Å². The summed E-state index contributed by atoms with van der Waals surface area (Å²) in [7, 11) is 0. The van der Waals surface area contributed by atoms with Crippen molar-refractivity contribution in [2.75, 3.05) is 6.61 Å². The zero-order valence-corrected chi connectivity index (χ0v) is 15.0. The topological polar surface area (TPSA) is 66.4 Å². The molecule has 1 heterocycles. The highest BCUT2D eigenvalue weighted by molar-refractivity contribution is 7.12. The van der Waals surface area contributed by atoms with Crippen molar-refractivity contribution in [3.8, 4) is 0 Å². The number of nitrogens with one attached hydrogen (secondary N) is 1. The van der Waals surface area contributed by atoms with Crippen molar-refractivity contribution in [1.29, 1.82) is 0 Å². The summed E-state index contributed by atoms with van der Waals surface area (Å²) in [4.78, 5) is 26.4. The molecule has 4 nitrogen and oxygen atoms in total. The first-order chi connectivity index (χ1) is 10.1. The number of carbonyl (C=O) groups is 2. The van der Waals surface area contributed by atoms with Gasteiger partial charge in [-0.2, -0.15) is 0 Å². The maximum absolute atomic E-state index is 12.2. The Labute approximate surface area is 136 Å². The number of hydrogen-bond acceptors (Lipinski definition) is 4. The lowest BCUT2D eigenvalue weighted by molar-refractivity contribution is -0.122. The molecule has 124 valence electrons. The third-order valence-electron chi connectivity index (χ3n) is 3.72. The number of carbonyl (C=O) groups excluding carboxylic acids is 2. The number of hydrogen-bond donors (Lipinski definition) is 2. The Balaban J connectivity index is 2.55. The van der Waals surface area contributed by atoms with E-state index in [2.05, 4.69) is 5.32 Å². The van der Waals surface area contributed by atoms with Gasteiger partial charge in [-0.15, -0.1) is 11.3 Å². The Hall–Kier alpha value is -1.20. The van der Waals surface area contributed by atoms with E-state index in [0.29, 0.717) is 6.42 Å². The molecular weight excluding hydrogens is 298 g/mol. The van der Waals surface area contributed by atoms with Crippen molar-refractivity contribution in [3.05, 3.63) is 21.4 Å². The van der Waals surface area contributed by atoms with Gasteiger partial charge in [0.05, 0.1) is 0 Å². The summed E-state index contributed by atoms with van der Waals surface area (Å²) >= 11 is 1.60. The van der Waals surface area contributed by atoms with Crippen LogP contribution < -0.4 is 5.32 Å². The number of aliphatic hydroxyl groups excluding tert-OH is 1. The van der Waals surface area contributed by atoms with E-state index >= 15 is 0 Å². The highest BCUT2D eigenvalue weighted by atomic mass is 32.1. The third kappa shape index (κ3) is 5.54. The van der Waals surface area contributed by atoms with Crippen LogP contribution in [-0.4, -0.2) is 29.4 Å². The Morgan fingerprint density at radius 2 is 1.91 bits per heavy atom. The predicted octanol–water partition coefficient (Wildman–Crippen LogP) is 3.24. The van der Waals surface area contributed by atoms with E-state index in [0.717, 1.165) is 15.3 Å². The minimum Gasteiger partial charge on any atom is -0.396 e. The third-order valence-corrected chi connectivity index (χ3v) is 4.68. The summed E-state index contributed by atoms with van der Waals surface area (Å²) in [5.74, 6) is -0.113. The van der Waals surface area contributed by atoms with Crippen LogP contribution in [0.5, 0.6) is 0 Å². The normalized spacial score (nSPS) is 13.0. The van der Waals surface area contributed by atoms with Crippen molar-refractivity contribution < 1.29 is 14.7 Å². The molecule has 0 aliphatic carbocycles. The molecule has 2 N–H and O–H groups in total. The van der Waals surface area contributed by atoms with Gasteiger partial charge in [-0.25, -0.2) is 0 Å². The van der Waals surface area contributed by atoms with E-state index < -0.39 is 0 Å². The lowest BCUT2D eigenvalue weighted by atomic mass is 9.85. The number of thiophene rings is 1. The minimum atomic E-state index is -0.133.